The highest BCUT2D eigenvalue weighted by molar-refractivity contribution is 8.13. The van der Waals surface area contributed by atoms with Gasteiger partial charge in [-0.25, -0.2) is 8.42 Å². The highest BCUT2D eigenvalue weighted by Gasteiger charge is 2.09. The molecule has 0 atom stereocenters. The minimum Gasteiger partial charge on any atom is -0.361 e. The molecular formula is C9H8ClNO2S. The average molecular weight is 230 g/mol. The second-order valence-corrected chi connectivity index (χ2v) is 5.82. The maximum Gasteiger partial charge on any atom is 0.236 e. The van der Waals surface area contributed by atoms with Gasteiger partial charge in [0.15, 0.2) is 0 Å². The summed E-state index contributed by atoms with van der Waals surface area (Å²) >= 11 is 0. The molecule has 0 radical (unpaired) electrons. The standard InChI is InChI=1S/C9H8ClNO2S/c10-14(12,13)6-7-2-1-3-9-8(7)4-5-11-9/h1-5,11H,6H2. The van der Waals surface area contributed by atoms with E-state index < -0.39 is 9.05 Å². The number of fused-ring (bicyclic) bond motifs is 1. The molecule has 1 heterocycles. The zero-order chi connectivity index (χ0) is 10.2. The number of aromatic nitrogens is 1. The van der Waals surface area contributed by atoms with Crippen molar-refractivity contribution in [2.24, 2.45) is 0 Å². The van der Waals surface area contributed by atoms with Crippen LogP contribution in [-0.2, 0) is 14.8 Å². The Kier molecular flexibility index (Phi) is 2.25. The molecule has 2 rings (SSSR count). The molecule has 0 bridgehead atoms. The maximum atomic E-state index is 10.9. The van der Waals surface area contributed by atoms with E-state index in [1.165, 1.54) is 0 Å². The summed E-state index contributed by atoms with van der Waals surface area (Å²) in [7, 11) is 1.71. The number of halogens is 1. The lowest BCUT2D eigenvalue weighted by molar-refractivity contribution is 0.609. The van der Waals surface area contributed by atoms with Gasteiger partial charge in [0.2, 0.25) is 9.05 Å². The van der Waals surface area contributed by atoms with Gasteiger partial charge < -0.3 is 4.98 Å². The van der Waals surface area contributed by atoms with Crippen molar-refractivity contribution in [3.05, 3.63) is 36.0 Å². The smallest absolute Gasteiger partial charge is 0.236 e. The largest absolute Gasteiger partial charge is 0.361 e. The molecule has 1 aromatic heterocycles. The molecule has 0 amide bonds. The summed E-state index contributed by atoms with van der Waals surface area (Å²) in [6, 6.07) is 7.29. The van der Waals surface area contributed by atoms with Gasteiger partial charge in [0.05, 0.1) is 5.75 Å². The van der Waals surface area contributed by atoms with Crippen LogP contribution in [0.5, 0.6) is 0 Å². The van der Waals surface area contributed by atoms with Gasteiger partial charge in [-0.05, 0) is 17.7 Å². The Balaban J connectivity index is 2.57. The van der Waals surface area contributed by atoms with Gasteiger partial charge in [0.1, 0.15) is 0 Å². The maximum absolute atomic E-state index is 10.9. The summed E-state index contributed by atoms with van der Waals surface area (Å²) in [5.74, 6) is -0.135. The average Bonchev–Trinajstić information content (AvgIpc) is 2.49. The molecule has 0 aliphatic carbocycles. The SMILES string of the molecule is O=S(=O)(Cl)Cc1cccc2[nH]ccc12. The van der Waals surface area contributed by atoms with Gasteiger partial charge in [-0.3, -0.25) is 0 Å². The molecule has 0 aliphatic heterocycles. The molecule has 5 heteroatoms. The molecule has 0 unspecified atom stereocenters. The Hall–Kier alpha value is -1.00. The molecule has 0 saturated heterocycles. The van der Waals surface area contributed by atoms with Crippen LogP contribution in [0.25, 0.3) is 10.9 Å². The summed E-state index contributed by atoms with van der Waals surface area (Å²) in [4.78, 5) is 3.01. The third-order valence-corrected chi connectivity index (χ3v) is 3.00. The lowest BCUT2D eigenvalue weighted by Crippen LogP contribution is -1.95. The van der Waals surface area contributed by atoms with Gasteiger partial charge in [-0.15, -0.1) is 0 Å². The molecule has 0 spiro atoms. The number of hydrogen-bond donors (Lipinski definition) is 1. The van der Waals surface area contributed by atoms with E-state index in [-0.39, 0.29) is 5.75 Å². The molecule has 3 nitrogen and oxygen atoms in total. The minimum absolute atomic E-state index is 0.135. The van der Waals surface area contributed by atoms with Crippen LogP contribution in [0, 0.1) is 0 Å². The molecule has 2 aromatic rings. The van der Waals surface area contributed by atoms with Crippen LogP contribution in [-0.4, -0.2) is 13.4 Å². The van der Waals surface area contributed by atoms with Crippen molar-refractivity contribution < 1.29 is 8.42 Å². The van der Waals surface area contributed by atoms with E-state index in [1.807, 2.05) is 12.1 Å². The number of rotatable bonds is 2. The van der Waals surface area contributed by atoms with Crippen molar-refractivity contribution in [1.82, 2.24) is 4.98 Å². The highest BCUT2D eigenvalue weighted by atomic mass is 35.7. The lowest BCUT2D eigenvalue weighted by Gasteiger charge is -1.99. The van der Waals surface area contributed by atoms with Crippen molar-refractivity contribution in [1.29, 1.82) is 0 Å². The number of aromatic amines is 1. The van der Waals surface area contributed by atoms with Crippen LogP contribution in [0.2, 0.25) is 0 Å². The first-order valence-electron chi connectivity index (χ1n) is 4.03. The van der Waals surface area contributed by atoms with Crippen molar-refractivity contribution in [2.75, 3.05) is 0 Å². The van der Waals surface area contributed by atoms with Crippen molar-refractivity contribution in [3.63, 3.8) is 0 Å². The molecule has 14 heavy (non-hydrogen) atoms. The molecule has 0 fully saturated rings. The zero-order valence-corrected chi connectivity index (χ0v) is 8.77. The Labute approximate surface area is 86.1 Å². The first kappa shape index (κ1) is 9.55. The first-order valence-corrected chi connectivity index (χ1v) is 6.51. The van der Waals surface area contributed by atoms with E-state index in [9.17, 15) is 8.42 Å². The van der Waals surface area contributed by atoms with E-state index in [4.69, 9.17) is 10.7 Å². The molecule has 1 aromatic carbocycles. The number of hydrogen-bond acceptors (Lipinski definition) is 2. The van der Waals surface area contributed by atoms with Gasteiger partial charge >= 0.3 is 0 Å². The predicted octanol–water partition coefficient (Wildman–Crippen LogP) is 2.24. The number of H-pyrrole nitrogens is 1. The van der Waals surface area contributed by atoms with Crippen LogP contribution >= 0.6 is 10.7 Å². The summed E-state index contributed by atoms with van der Waals surface area (Å²) in [5, 5.41) is 0.900. The molecule has 1 N–H and O–H groups in total. The molecule has 0 aliphatic rings. The third kappa shape index (κ3) is 1.91. The van der Waals surface area contributed by atoms with Crippen LogP contribution < -0.4 is 0 Å². The minimum atomic E-state index is -3.49. The van der Waals surface area contributed by atoms with Crippen LogP contribution in [0.1, 0.15) is 5.56 Å². The Morgan fingerprint density at radius 1 is 1.29 bits per heavy atom. The fourth-order valence-electron chi connectivity index (χ4n) is 1.46. The van der Waals surface area contributed by atoms with Crippen molar-refractivity contribution in [3.8, 4) is 0 Å². The number of nitrogens with one attached hydrogen (secondary N) is 1. The van der Waals surface area contributed by atoms with Gasteiger partial charge in [-0.2, -0.15) is 0 Å². The fraction of sp³-hybridized carbons (Fsp3) is 0.111. The van der Waals surface area contributed by atoms with Crippen molar-refractivity contribution >= 4 is 30.6 Å². The van der Waals surface area contributed by atoms with E-state index in [0.29, 0.717) is 0 Å². The number of benzene rings is 1. The van der Waals surface area contributed by atoms with Crippen LogP contribution in [0.4, 0.5) is 0 Å². The topological polar surface area (TPSA) is 49.9 Å². The second kappa shape index (κ2) is 3.29. The van der Waals surface area contributed by atoms with Crippen molar-refractivity contribution in [2.45, 2.75) is 5.75 Å². The third-order valence-electron chi connectivity index (χ3n) is 2.01. The monoisotopic (exact) mass is 229 g/mol. The zero-order valence-electron chi connectivity index (χ0n) is 7.20. The Morgan fingerprint density at radius 3 is 2.79 bits per heavy atom. The van der Waals surface area contributed by atoms with Crippen LogP contribution in [0.3, 0.4) is 0 Å². The molecule has 0 saturated carbocycles. The van der Waals surface area contributed by atoms with Gasteiger partial charge in [0.25, 0.3) is 0 Å². The molecular weight excluding hydrogens is 222 g/mol. The van der Waals surface area contributed by atoms with E-state index in [2.05, 4.69) is 4.98 Å². The van der Waals surface area contributed by atoms with Crippen LogP contribution in [0.15, 0.2) is 30.5 Å². The van der Waals surface area contributed by atoms with Gasteiger partial charge in [-0.1, -0.05) is 12.1 Å². The second-order valence-electron chi connectivity index (χ2n) is 3.04. The summed E-state index contributed by atoms with van der Waals surface area (Å²) in [6.45, 7) is 0. The molecule has 74 valence electrons. The first-order chi connectivity index (χ1) is 6.56. The van der Waals surface area contributed by atoms with Gasteiger partial charge in [0, 0.05) is 27.8 Å². The van der Waals surface area contributed by atoms with E-state index >= 15 is 0 Å². The summed E-state index contributed by atoms with van der Waals surface area (Å²) in [6.07, 6.45) is 1.77. The predicted molar refractivity (Wildman–Crippen MR) is 56.8 cm³/mol. The Morgan fingerprint density at radius 2 is 2.07 bits per heavy atom. The Bertz CT molecular complexity index is 559. The summed E-state index contributed by atoms with van der Waals surface area (Å²) in [5.41, 5.74) is 1.64. The summed E-state index contributed by atoms with van der Waals surface area (Å²) < 4.78 is 21.8. The van der Waals surface area contributed by atoms with E-state index in [1.54, 1.807) is 18.3 Å². The van der Waals surface area contributed by atoms with E-state index in [0.717, 1.165) is 16.5 Å². The highest BCUT2D eigenvalue weighted by Crippen LogP contribution is 2.20. The normalized spacial score (nSPS) is 12.1. The fourth-order valence-corrected chi connectivity index (χ4v) is 2.44. The quantitative estimate of drug-likeness (QED) is 0.803. The lowest BCUT2D eigenvalue weighted by atomic mass is 10.1.